The zero-order chi connectivity index (χ0) is 14.7. The van der Waals surface area contributed by atoms with E-state index in [0.717, 1.165) is 38.4 Å². The zero-order valence-corrected chi connectivity index (χ0v) is 12.5. The number of hydrogen-bond acceptors (Lipinski definition) is 4. The van der Waals surface area contributed by atoms with E-state index < -0.39 is 0 Å². The van der Waals surface area contributed by atoms with Crippen molar-refractivity contribution < 1.29 is 9.53 Å². The van der Waals surface area contributed by atoms with Crippen molar-refractivity contribution in [2.45, 2.75) is 44.8 Å². The smallest absolute Gasteiger partial charge is 0.255 e. The van der Waals surface area contributed by atoms with E-state index in [9.17, 15) is 4.79 Å². The maximum absolute atomic E-state index is 12.6. The highest BCUT2D eigenvalue weighted by atomic mass is 16.5. The van der Waals surface area contributed by atoms with Crippen LogP contribution in [0.4, 0.5) is 5.82 Å². The molecule has 1 aromatic rings. The van der Waals surface area contributed by atoms with Gasteiger partial charge in [0.05, 0.1) is 17.7 Å². The second-order valence-corrected chi connectivity index (χ2v) is 5.88. The number of hydrogen-bond donors (Lipinski definition) is 1. The van der Waals surface area contributed by atoms with Crippen molar-refractivity contribution in [2.75, 3.05) is 24.6 Å². The molecule has 5 heteroatoms. The molecule has 0 aliphatic carbocycles. The normalized spacial score (nSPS) is 23.3. The molecule has 0 spiro atoms. The Kier molecular flexibility index (Phi) is 4.39. The topological polar surface area (TPSA) is 54.5 Å². The summed E-state index contributed by atoms with van der Waals surface area (Å²) >= 11 is 0. The van der Waals surface area contributed by atoms with Crippen LogP contribution in [0.3, 0.4) is 0 Å². The van der Waals surface area contributed by atoms with Crippen LogP contribution in [0.15, 0.2) is 18.3 Å². The van der Waals surface area contributed by atoms with Crippen molar-refractivity contribution in [1.82, 2.24) is 10.3 Å². The van der Waals surface area contributed by atoms with Gasteiger partial charge in [0, 0.05) is 25.9 Å². The number of aromatic nitrogens is 1. The number of carbonyl (C=O) groups is 1. The average molecular weight is 289 g/mol. The predicted molar refractivity (Wildman–Crippen MR) is 81.6 cm³/mol. The zero-order valence-electron chi connectivity index (χ0n) is 12.5. The van der Waals surface area contributed by atoms with E-state index in [2.05, 4.69) is 15.2 Å². The third-order valence-electron chi connectivity index (χ3n) is 4.32. The van der Waals surface area contributed by atoms with E-state index in [-0.39, 0.29) is 18.1 Å². The summed E-state index contributed by atoms with van der Waals surface area (Å²) in [6, 6.07) is 3.72. The summed E-state index contributed by atoms with van der Waals surface area (Å²) in [5.41, 5.74) is 0.671. The summed E-state index contributed by atoms with van der Waals surface area (Å²) in [6.45, 7) is 4.79. The molecular weight excluding hydrogens is 266 g/mol. The van der Waals surface area contributed by atoms with Crippen molar-refractivity contribution in [3.8, 4) is 0 Å². The maximum atomic E-state index is 12.6. The molecule has 0 radical (unpaired) electrons. The van der Waals surface area contributed by atoms with E-state index in [1.54, 1.807) is 6.20 Å². The van der Waals surface area contributed by atoms with Gasteiger partial charge in [-0.25, -0.2) is 4.98 Å². The number of anilines is 1. The first-order chi connectivity index (χ1) is 10.3. The second kappa shape index (κ2) is 6.43. The highest BCUT2D eigenvalue weighted by Crippen LogP contribution is 2.22. The highest BCUT2D eigenvalue weighted by Gasteiger charge is 2.26. The van der Waals surface area contributed by atoms with Gasteiger partial charge in [0.2, 0.25) is 0 Å². The Labute approximate surface area is 125 Å². The largest absolute Gasteiger partial charge is 0.376 e. The Balaban J connectivity index is 1.71. The van der Waals surface area contributed by atoms with E-state index in [4.69, 9.17) is 4.74 Å². The maximum Gasteiger partial charge on any atom is 0.255 e. The molecular formula is C16H23N3O2. The van der Waals surface area contributed by atoms with Crippen LogP contribution < -0.4 is 10.2 Å². The first-order valence-electron chi connectivity index (χ1n) is 7.88. The molecule has 1 N–H and O–H groups in total. The minimum Gasteiger partial charge on any atom is -0.376 e. The molecule has 2 saturated heterocycles. The predicted octanol–water partition coefficient (Wildman–Crippen LogP) is 1.98. The van der Waals surface area contributed by atoms with Gasteiger partial charge in [-0.2, -0.15) is 0 Å². The van der Waals surface area contributed by atoms with Gasteiger partial charge < -0.3 is 15.0 Å². The number of pyridine rings is 1. The van der Waals surface area contributed by atoms with Crippen LogP contribution in [0.2, 0.25) is 0 Å². The molecule has 2 aliphatic heterocycles. The van der Waals surface area contributed by atoms with Gasteiger partial charge >= 0.3 is 0 Å². The monoisotopic (exact) mass is 289 g/mol. The lowest BCUT2D eigenvalue weighted by atomic mass is 10.1. The molecule has 2 unspecified atom stereocenters. The van der Waals surface area contributed by atoms with Crippen LogP contribution >= 0.6 is 0 Å². The molecule has 2 aliphatic rings. The van der Waals surface area contributed by atoms with Gasteiger partial charge in [-0.05, 0) is 44.7 Å². The fourth-order valence-corrected chi connectivity index (χ4v) is 3.13. The lowest BCUT2D eigenvalue weighted by Gasteiger charge is -2.23. The van der Waals surface area contributed by atoms with E-state index in [0.29, 0.717) is 5.56 Å². The molecule has 1 aromatic heterocycles. The molecule has 5 nitrogen and oxygen atoms in total. The first kappa shape index (κ1) is 14.3. The number of amides is 1. The van der Waals surface area contributed by atoms with Crippen molar-refractivity contribution in [3.05, 3.63) is 23.9 Å². The molecule has 21 heavy (non-hydrogen) atoms. The number of nitrogens with one attached hydrogen (secondary N) is 1. The van der Waals surface area contributed by atoms with E-state index >= 15 is 0 Å². The van der Waals surface area contributed by atoms with Crippen molar-refractivity contribution in [1.29, 1.82) is 0 Å². The number of nitrogens with zero attached hydrogens (tertiary/aromatic N) is 2. The third kappa shape index (κ3) is 3.18. The van der Waals surface area contributed by atoms with E-state index in [1.165, 1.54) is 12.8 Å². The van der Waals surface area contributed by atoms with Gasteiger partial charge in [0.25, 0.3) is 5.91 Å². The number of rotatable bonds is 4. The van der Waals surface area contributed by atoms with Crippen LogP contribution in [0.25, 0.3) is 0 Å². The molecule has 2 atom stereocenters. The van der Waals surface area contributed by atoms with Crippen molar-refractivity contribution in [3.63, 3.8) is 0 Å². The summed E-state index contributed by atoms with van der Waals surface area (Å²) in [5, 5.41) is 3.07. The molecule has 0 aromatic carbocycles. The molecule has 2 fully saturated rings. The van der Waals surface area contributed by atoms with E-state index in [1.807, 2.05) is 19.1 Å². The summed E-state index contributed by atoms with van der Waals surface area (Å²) in [4.78, 5) is 19.2. The SMILES string of the molecule is CC(NC(=O)c1cccnc1N1CCCC1)C1CCCO1. The van der Waals surface area contributed by atoms with Crippen molar-refractivity contribution in [2.24, 2.45) is 0 Å². The fraction of sp³-hybridized carbons (Fsp3) is 0.625. The number of ether oxygens (including phenoxy) is 1. The standard InChI is InChI=1S/C16H23N3O2/c1-12(14-7-5-11-21-14)18-16(20)13-6-4-8-17-15(13)19-9-2-3-10-19/h4,6,8,12,14H,2-3,5,7,9-11H2,1H3,(H,18,20). The van der Waals surface area contributed by atoms with Crippen LogP contribution in [0, 0.1) is 0 Å². The fourth-order valence-electron chi connectivity index (χ4n) is 3.13. The second-order valence-electron chi connectivity index (χ2n) is 5.88. The minimum absolute atomic E-state index is 0.0339. The molecule has 114 valence electrons. The number of carbonyl (C=O) groups excluding carboxylic acids is 1. The Morgan fingerprint density at radius 3 is 2.95 bits per heavy atom. The first-order valence-corrected chi connectivity index (χ1v) is 7.88. The molecule has 1 amide bonds. The third-order valence-corrected chi connectivity index (χ3v) is 4.32. The van der Waals surface area contributed by atoms with Gasteiger partial charge in [0.1, 0.15) is 5.82 Å². The van der Waals surface area contributed by atoms with Crippen LogP contribution in [-0.2, 0) is 4.74 Å². The van der Waals surface area contributed by atoms with Crippen LogP contribution in [0.1, 0.15) is 43.0 Å². The van der Waals surface area contributed by atoms with Gasteiger partial charge in [0.15, 0.2) is 0 Å². The van der Waals surface area contributed by atoms with Gasteiger partial charge in [-0.3, -0.25) is 4.79 Å². The Morgan fingerprint density at radius 1 is 1.43 bits per heavy atom. The summed E-state index contributed by atoms with van der Waals surface area (Å²) in [5.74, 6) is 0.764. The molecule has 3 heterocycles. The van der Waals surface area contributed by atoms with Gasteiger partial charge in [-0.15, -0.1) is 0 Å². The average Bonchev–Trinajstić information content (AvgIpc) is 3.20. The van der Waals surface area contributed by atoms with Crippen LogP contribution in [-0.4, -0.2) is 42.7 Å². The minimum atomic E-state index is -0.0481. The molecule has 0 bridgehead atoms. The molecule has 3 rings (SSSR count). The van der Waals surface area contributed by atoms with Crippen LogP contribution in [0.5, 0.6) is 0 Å². The summed E-state index contributed by atoms with van der Waals surface area (Å²) in [7, 11) is 0. The Morgan fingerprint density at radius 2 is 2.24 bits per heavy atom. The lowest BCUT2D eigenvalue weighted by Crippen LogP contribution is -2.41. The molecule has 0 saturated carbocycles. The van der Waals surface area contributed by atoms with Gasteiger partial charge in [-0.1, -0.05) is 0 Å². The van der Waals surface area contributed by atoms with Crippen molar-refractivity contribution >= 4 is 11.7 Å². The summed E-state index contributed by atoms with van der Waals surface area (Å²) in [6.07, 6.45) is 6.34. The summed E-state index contributed by atoms with van der Waals surface area (Å²) < 4.78 is 5.64. The Hall–Kier alpha value is -1.62. The Bertz CT molecular complexity index is 494. The quantitative estimate of drug-likeness (QED) is 0.921. The highest BCUT2D eigenvalue weighted by molar-refractivity contribution is 5.99. The lowest BCUT2D eigenvalue weighted by molar-refractivity contribution is 0.0712.